The highest BCUT2D eigenvalue weighted by Gasteiger charge is 2.33. The summed E-state index contributed by atoms with van der Waals surface area (Å²) in [5.74, 6) is 1.77. The highest BCUT2D eigenvalue weighted by Crippen LogP contribution is 2.37. The minimum absolute atomic E-state index is 0.185. The number of nitrogens with one attached hydrogen (secondary N) is 1. The molecule has 2 aliphatic heterocycles. The summed E-state index contributed by atoms with van der Waals surface area (Å²) < 4.78 is 32.2. The summed E-state index contributed by atoms with van der Waals surface area (Å²) in [6.07, 6.45) is 0.557. The number of aromatic nitrogens is 1. The standard InChI is InChI=1S/C15H17N3O3S/c1-21-10-2-3-12-11(8-10)15-13(4-7-22(15,19)20)18(12)9-14-16-5-6-17-14/h2-3,8H,4-7,9H2,1H3,(H,16,17). The lowest BCUT2D eigenvalue weighted by atomic mass is 10.2. The maximum absolute atomic E-state index is 12.4. The monoisotopic (exact) mass is 319 g/mol. The quantitative estimate of drug-likeness (QED) is 0.915. The molecule has 0 unspecified atom stereocenters. The molecule has 0 spiro atoms. The first-order valence-corrected chi connectivity index (χ1v) is 8.94. The molecule has 1 aromatic carbocycles. The summed E-state index contributed by atoms with van der Waals surface area (Å²) in [5.41, 5.74) is 1.81. The summed E-state index contributed by atoms with van der Waals surface area (Å²) in [7, 11) is -1.62. The largest absolute Gasteiger partial charge is 0.497 e. The molecule has 0 atom stereocenters. The second-order valence-electron chi connectivity index (χ2n) is 5.57. The predicted octanol–water partition coefficient (Wildman–Crippen LogP) is 0.981. The number of fused-ring (bicyclic) bond motifs is 3. The van der Waals surface area contributed by atoms with Crippen molar-refractivity contribution < 1.29 is 13.2 Å². The van der Waals surface area contributed by atoms with Gasteiger partial charge in [-0.15, -0.1) is 0 Å². The van der Waals surface area contributed by atoms with E-state index < -0.39 is 9.84 Å². The van der Waals surface area contributed by atoms with Crippen molar-refractivity contribution in [3.63, 3.8) is 0 Å². The predicted molar refractivity (Wildman–Crippen MR) is 84.6 cm³/mol. The first-order valence-electron chi connectivity index (χ1n) is 7.29. The first-order chi connectivity index (χ1) is 10.6. The van der Waals surface area contributed by atoms with Gasteiger partial charge in [0, 0.05) is 24.0 Å². The van der Waals surface area contributed by atoms with Crippen LogP contribution in [0.5, 0.6) is 5.75 Å². The highest BCUT2D eigenvalue weighted by atomic mass is 32.2. The van der Waals surface area contributed by atoms with Crippen molar-refractivity contribution in [2.24, 2.45) is 4.99 Å². The number of amidine groups is 1. The van der Waals surface area contributed by atoms with Gasteiger partial charge >= 0.3 is 0 Å². The van der Waals surface area contributed by atoms with Crippen LogP contribution in [0.25, 0.3) is 10.9 Å². The van der Waals surface area contributed by atoms with E-state index in [1.54, 1.807) is 7.11 Å². The Kier molecular flexibility index (Phi) is 2.94. The van der Waals surface area contributed by atoms with Crippen LogP contribution in [-0.2, 0) is 22.8 Å². The number of nitrogens with zero attached hydrogens (tertiary/aromatic N) is 2. The Balaban J connectivity index is 1.96. The van der Waals surface area contributed by atoms with Crippen LogP contribution < -0.4 is 10.1 Å². The van der Waals surface area contributed by atoms with E-state index in [9.17, 15) is 8.42 Å². The maximum Gasteiger partial charge on any atom is 0.181 e. The number of benzene rings is 1. The Morgan fingerprint density at radius 3 is 3.00 bits per heavy atom. The summed E-state index contributed by atoms with van der Waals surface area (Å²) in [5, 5.41) is 4.00. The van der Waals surface area contributed by atoms with Gasteiger partial charge in [0.05, 0.1) is 36.4 Å². The number of ether oxygens (including phenoxy) is 1. The molecule has 0 radical (unpaired) electrons. The van der Waals surface area contributed by atoms with E-state index in [1.807, 2.05) is 18.2 Å². The molecule has 116 valence electrons. The molecule has 0 saturated heterocycles. The molecule has 1 N–H and O–H groups in total. The fourth-order valence-corrected chi connectivity index (χ4v) is 5.03. The maximum atomic E-state index is 12.4. The Hall–Kier alpha value is -2.02. The van der Waals surface area contributed by atoms with Crippen molar-refractivity contribution in [1.29, 1.82) is 0 Å². The van der Waals surface area contributed by atoms with Crippen LogP contribution >= 0.6 is 0 Å². The average molecular weight is 319 g/mol. The Morgan fingerprint density at radius 2 is 2.27 bits per heavy atom. The first kappa shape index (κ1) is 13.6. The van der Waals surface area contributed by atoms with Crippen LogP contribution in [0.2, 0.25) is 0 Å². The van der Waals surface area contributed by atoms with E-state index in [-0.39, 0.29) is 5.75 Å². The molecule has 0 bridgehead atoms. The lowest BCUT2D eigenvalue weighted by Gasteiger charge is -2.10. The van der Waals surface area contributed by atoms with Crippen LogP contribution in [-0.4, -0.2) is 44.8 Å². The molecule has 2 aliphatic rings. The van der Waals surface area contributed by atoms with Gasteiger partial charge in [-0.1, -0.05) is 0 Å². The fourth-order valence-electron chi connectivity index (χ4n) is 3.29. The van der Waals surface area contributed by atoms with Crippen molar-refractivity contribution in [2.75, 3.05) is 26.0 Å². The molecular weight excluding hydrogens is 302 g/mol. The number of hydrogen-bond acceptors (Lipinski definition) is 5. The summed E-state index contributed by atoms with van der Waals surface area (Å²) in [6.45, 7) is 2.22. The molecule has 0 fully saturated rings. The van der Waals surface area contributed by atoms with Gasteiger partial charge < -0.3 is 14.6 Å². The normalized spacial score (nSPS) is 19.0. The van der Waals surface area contributed by atoms with Gasteiger partial charge in [-0.25, -0.2) is 8.42 Å². The van der Waals surface area contributed by atoms with E-state index in [4.69, 9.17) is 4.74 Å². The van der Waals surface area contributed by atoms with Crippen molar-refractivity contribution in [3.05, 3.63) is 23.9 Å². The lowest BCUT2D eigenvalue weighted by molar-refractivity contribution is 0.415. The lowest BCUT2D eigenvalue weighted by Crippen LogP contribution is -2.24. The number of rotatable bonds is 3. The molecule has 2 aromatic rings. The number of sulfone groups is 1. The smallest absolute Gasteiger partial charge is 0.181 e. The topological polar surface area (TPSA) is 72.7 Å². The molecule has 0 amide bonds. The van der Waals surface area contributed by atoms with Crippen LogP contribution in [0.15, 0.2) is 28.1 Å². The van der Waals surface area contributed by atoms with E-state index >= 15 is 0 Å². The minimum atomic E-state index is -3.21. The van der Waals surface area contributed by atoms with Crippen molar-refractivity contribution in [1.82, 2.24) is 9.88 Å². The third-order valence-electron chi connectivity index (χ3n) is 4.30. The van der Waals surface area contributed by atoms with Gasteiger partial charge in [0.1, 0.15) is 11.6 Å². The molecule has 7 heteroatoms. The fraction of sp³-hybridized carbons (Fsp3) is 0.400. The van der Waals surface area contributed by atoms with Gasteiger partial charge in [0.15, 0.2) is 9.84 Å². The van der Waals surface area contributed by atoms with Crippen molar-refractivity contribution >= 4 is 26.6 Å². The van der Waals surface area contributed by atoms with E-state index in [0.717, 1.165) is 35.5 Å². The molecule has 3 heterocycles. The minimum Gasteiger partial charge on any atom is -0.497 e. The zero-order chi connectivity index (χ0) is 15.3. The van der Waals surface area contributed by atoms with Crippen molar-refractivity contribution in [3.8, 4) is 5.75 Å². The van der Waals surface area contributed by atoms with E-state index in [0.29, 0.717) is 23.6 Å². The Labute approximate surface area is 128 Å². The zero-order valence-corrected chi connectivity index (χ0v) is 13.1. The van der Waals surface area contributed by atoms with Crippen molar-refractivity contribution in [2.45, 2.75) is 17.9 Å². The highest BCUT2D eigenvalue weighted by molar-refractivity contribution is 7.92. The van der Waals surface area contributed by atoms with Gasteiger partial charge in [0.2, 0.25) is 0 Å². The number of aliphatic imine (C=N–C) groups is 1. The van der Waals surface area contributed by atoms with Gasteiger partial charge in [0.25, 0.3) is 0 Å². The number of hydrogen-bond donors (Lipinski definition) is 1. The molecule has 22 heavy (non-hydrogen) atoms. The average Bonchev–Trinajstić information content (AvgIpc) is 3.18. The second-order valence-corrected chi connectivity index (χ2v) is 7.62. The van der Waals surface area contributed by atoms with Gasteiger partial charge in [-0.2, -0.15) is 0 Å². The Bertz CT molecular complexity index is 896. The van der Waals surface area contributed by atoms with Crippen LogP contribution in [0.3, 0.4) is 0 Å². The van der Waals surface area contributed by atoms with Crippen LogP contribution in [0, 0.1) is 0 Å². The van der Waals surface area contributed by atoms with Crippen LogP contribution in [0.4, 0.5) is 0 Å². The molecule has 1 aromatic heterocycles. The van der Waals surface area contributed by atoms with Crippen LogP contribution in [0.1, 0.15) is 5.69 Å². The van der Waals surface area contributed by atoms with E-state index in [1.165, 1.54) is 0 Å². The third-order valence-corrected chi connectivity index (χ3v) is 6.12. The van der Waals surface area contributed by atoms with E-state index in [2.05, 4.69) is 14.9 Å². The summed E-state index contributed by atoms with van der Waals surface area (Å²) in [4.78, 5) is 4.90. The zero-order valence-electron chi connectivity index (χ0n) is 12.3. The Morgan fingerprint density at radius 1 is 1.41 bits per heavy atom. The molecule has 6 nitrogen and oxygen atoms in total. The molecule has 0 aliphatic carbocycles. The molecule has 0 saturated carbocycles. The van der Waals surface area contributed by atoms with Gasteiger partial charge in [-0.05, 0) is 18.2 Å². The third kappa shape index (κ3) is 1.92. The number of methoxy groups -OCH3 is 1. The SMILES string of the molecule is COc1ccc2c(c1)c1c(n2CC2=NCCN2)CCS1(=O)=O. The summed E-state index contributed by atoms with van der Waals surface area (Å²) in [6, 6.07) is 5.61. The summed E-state index contributed by atoms with van der Waals surface area (Å²) >= 11 is 0. The van der Waals surface area contributed by atoms with Gasteiger partial charge in [-0.3, -0.25) is 4.99 Å². The second kappa shape index (κ2) is 4.74. The molecular formula is C15H17N3O3S. The molecule has 4 rings (SSSR count).